The Kier molecular flexibility index (Phi) is 1.45. The van der Waals surface area contributed by atoms with Crippen molar-refractivity contribution in [2.45, 2.75) is 6.92 Å². The molecule has 44 valence electrons. The zero-order valence-electron chi connectivity index (χ0n) is 4.38. The second-order valence-corrected chi connectivity index (χ2v) is 2.23. The molecule has 0 aliphatic carbocycles. The van der Waals surface area contributed by atoms with Crippen molar-refractivity contribution < 1.29 is 5.21 Å². The standard InChI is InChI=1S/C4H6N2OS/c1-3-4(6-7)8-2-5-3/h2,6-7H,1H3. The van der Waals surface area contributed by atoms with E-state index < -0.39 is 0 Å². The van der Waals surface area contributed by atoms with Gasteiger partial charge in [-0.05, 0) is 6.92 Å². The molecule has 2 N–H and O–H groups in total. The zero-order chi connectivity index (χ0) is 5.98. The van der Waals surface area contributed by atoms with Crippen LogP contribution >= 0.6 is 11.3 Å². The fraction of sp³-hybridized carbons (Fsp3) is 0.250. The highest BCUT2D eigenvalue weighted by atomic mass is 32.1. The first-order valence-corrected chi connectivity index (χ1v) is 3.02. The van der Waals surface area contributed by atoms with Crippen LogP contribution in [0, 0.1) is 6.92 Å². The van der Waals surface area contributed by atoms with Crippen molar-refractivity contribution in [1.82, 2.24) is 4.98 Å². The predicted octanol–water partition coefficient (Wildman–Crippen LogP) is 1.25. The number of nitrogens with one attached hydrogen (secondary N) is 1. The van der Waals surface area contributed by atoms with Crippen LogP contribution in [0.2, 0.25) is 0 Å². The van der Waals surface area contributed by atoms with Gasteiger partial charge in [0.15, 0.2) is 0 Å². The molecule has 0 aromatic carbocycles. The van der Waals surface area contributed by atoms with Crippen molar-refractivity contribution in [2.75, 3.05) is 5.48 Å². The molecule has 0 bridgehead atoms. The van der Waals surface area contributed by atoms with E-state index in [1.165, 1.54) is 11.3 Å². The highest BCUT2D eigenvalue weighted by Gasteiger charge is 1.95. The number of thiazole rings is 1. The maximum Gasteiger partial charge on any atom is 0.135 e. The van der Waals surface area contributed by atoms with Gasteiger partial charge in [0, 0.05) is 0 Å². The molecule has 4 heteroatoms. The molecule has 1 rings (SSSR count). The van der Waals surface area contributed by atoms with Crippen LogP contribution in [0.4, 0.5) is 5.00 Å². The largest absolute Gasteiger partial charge is 0.290 e. The molecule has 3 nitrogen and oxygen atoms in total. The Labute approximate surface area is 51.0 Å². The van der Waals surface area contributed by atoms with Gasteiger partial charge in [0.05, 0.1) is 11.2 Å². The molecule has 1 heterocycles. The van der Waals surface area contributed by atoms with Gasteiger partial charge < -0.3 is 0 Å². The van der Waals surface area contributed by atoms with Crippen LogP contribution in [0.25, 0.3) is 0 Å². The van der Waals surface area contributed by atoms with Gasteiger partial charge in [-0.1, -0.05) is 0 Å². The Morgan fingerprint density at radius 2 is 2.62 bits per heavy atom. The molecule has 1 aromatic heterocycles. The van der Waals surface area contributed by atoms with E-state index in [4.69, 9.17) is 5.21 Å². The van der Waals surface area contributed by atoms with Crippen molar-refractivity contribution in [3.05, 3.63) is 11.2 Å². The van der Waals surface area contributed by atoms with E-state index in [1.807, 2.05) is 12.4 Å². The summed E-state index contributed by atoms with van der Waals surface area (Å²) < 4.78 is 0. The van der Waals surface area contributed by atoms with E-state index in [0.717, 1.165) is 5.69 Å². The summed E-state index contributed by atoms with van der Waals surface area (Å²) in [4.78, 5) is 3.88. The molecule has 0 saturated carbocycles. The summed E-state index contributed by atoms with van der Waals surface area (Å²) in [6.07, 6.45) is 0. The minimum atomic E-state index is 0.713. The zero-order valence-corrected chi connectivity index (χ0v) is 5.20. The SMILES string of the molecule is Cc1ncsc1NO. The number of hydrogen-bond donors (Lipinski definition) is 2. The lowest BCUT2D eigenvalue weighted by molar-refractivity contribution is 0.390. The Morgan fingerprint density at radius 3 is 2.88 bits per heavy atom. The van der Waals surface area contributed by atoms with Gasteiger partial charge >= 0.3 is 0 Å². The molecule has 8 heavy (non-hydrogen) atoms. The maximum atomic E-state index is 8.33. The van der Waals surface area contributed by atoms with Crippen molar-refractivity contribution >= 4 is 16.3 Å². The third-order valence-corrected chi connectivity index (χ3v) is 1.68. The van der Waals surface area contributed by atoms with Crippen LogP contribution in [0.3, 0.4) is 0 Å². The van der Waals surface area contributed by atoms with Gasteiger partial charge in [0.25, 0.3) is 0 Å². The fourth-order valence-electron chi connectivity index (χ4n) is 0.409. The quantitative estimate of drug-likeness (QED) is 0.562. The summed E-state index contributed by atoms with van der Waals surface area (Å²) in [5.41, 5.74) is 4.54. The summed E-state index contributed by atoms with van der Waals surface area (Å²) in [6.45, 7) is 1.83. The molecular formula is C4H6N2OS. The molecule has 0 saturated heterocycles. The minimum absolute atomic E-state index is 0.713. The molecule has 0 aliphatic heterocycles. The van der Waals surface area contributed by atoms with Crippen LogP contribution in [-0.2, 0) is 0 Å². The monoisotopic (exact) mass is 130 g/mol. The predicted molar refractivity (Wildman–Crippen MR) is 32.3 cm³/mol. The highest BCUT2D eigenvalue weighted by Crippen LogP contribution is 2.16. The molecule has 0 aliphatic rings. The van der Waals surface area contributed by atoms with E-state index >= 15 is 0 Å². The van der Waals surface area contributed by atoms with E-state index in [2.05, 4.69) is 4.98 Å². The number of hydrogen-bond acceptors (Lipinski definition) is 4. The summed E-state index contributed by atoms with van der Waals surface area (Å²) in [5, 5.41) is 9.04. The average molecular weight is 130 g/mol. The van der Waals surface area contributed by atoms with Crippen LogP contribution in [0.15, 0.2) is 5.51 Å². The molecule has 0 unspecified atom stereocenters. The summed E-state index contributed by atoms with van der Waals surface area (Å²) >= 11 is 1.38. The van der Waals surface area contributed by atoms with Crippen LogP contribution in [0.1, 0.15) is 5.69 Å². The van der Waals surface area contributed by atoms with Crippen LogP contribution in [0.5, 0.6) is 0 Å². The van der Waals surface area contributed by atoms with Gasteiger partial charge in [-0.15, -0.1) is 11.3 Å². The normalized spacial score (nSPS) is 9.25. The average Bonchev–Trinajstić information content (AvgIpc) is 2.14. The fourth-order valence-corrected chi connectivity index (χ4v) is 1.00. The minimum Gasteiger partial charge on any atom is -0.290 e. The molecule has 0 fully saturated rings. The molecule has 0 amide bonds. The summed E-state index contributed by atoms with van der Waals surface area (Å²) in [7, 11) is 0. The van der Waals surface area contributed by atoms with Crippen molar-refractivity contribution in [1.29, 1.82) is 0 Å². The first-order valence-electron chi connectivity index (χ1n) is 2.15. The number of nitrogens with zero attached hydrogens (tertiary/aromatic N) is 1. The van der Waals surface area contributed by atoms with Gasteiger partial charge in [-0.3, -0.25) is 10.7 Å². The maximum absolute atomic E-state index is 8.33. The van der Waals surface area contributed by atoms with Crippen molar-refractivity contribution in [3.63, 3.8) is 0 Å². The smallest absolute Gasteiger partial charge is 0.135 e. The van der Waals surface area contributed by atoms with E-state index in [9.17, 15) is 0 Å². The third kappa shape index (κ3) is 0.801. The number of aromatic nitrogens is 1. The Morgan fingerprint density at radius 1 is 1.88 bits per heavy atom. The van der Waals surface area contributed by atoms with Gasteiger partial charge in [0.1, 0.15) is 5.00 Å². The summed E-state index contributed by atoms with van der Waals surface area (Å²) in [6, 6.07) is 0. The lowest BCUT2D eigenvalue weighted by Crippen LogP contribution is -1.86. The second kappa shape index (κ2) is 2.11. The number of rotatable bonds is 1. The first-order chi connectivity index (χ1) is 3.84. The van der Waals surface area contributed by atoms with Crippen LogP contribution < -0.4 is 5.48 Å². The number of anilines is 1. The van der Waals surface area contributed by atoms with E-state index in [-0.39, 0.29) is 0 Å². The van der Waals surface area contributed by atoms with Gasteiger partial charge in [-0.2, -0.15) is 0 Å². The molecular weight excluding hydrogens is 124 g/mol. The van der Waals surface area contributed by atoms with Crippen molar-refractivity contribution in [2.24, 2.45) is 0 Å². The Bertz CT molecular complexity index is 174. The Balaban J connectivity index is 2.92. The first kappa shape index (κ1) is 5.53. The summed E-state index contributed by atoms with van der Waals surface area (Å²) in [5.74, 6) is 0. The second-order valence-electron chi connectivity index (χ2n) is 1.38. The van der Waals surface area contributed by atoms with Gasteiger partial charge in [0.2, 0.25) is 0 Å². The highest BCUT2D eigenvalue weighted by molar-refractivity contribution is 7.13. The molecule has 0 atom stereocenters. The van der Waals surface area contributed by atoms with Crippen molar-refractivity contribution in [3.8, 4) is 0 Å². The Hall–Kier alpha value is -0.610. The van der Waals surface area contributed by atoms with Gasteiger partial charge in [-0.25, -0.2) is 4.98 Å². The van der Waals surface area contributed by atoms with E-state index in [1.54, 1.807) is 5.51 Å². The lowest BCUT2D eigenvalue weighted by atomic mass is 10.5. The van der Waals surface area contributed by atoms with E-state index in [0.29, 0.717) is 5.00 Å². The molecule has 0 spiro atoms. The molecule has 1 aromatic rings. The molecule has 0 radical (unpaired) electrons. The van der Waals surface area contributed by atoms with Crippen LogP contribution in [-0.4, -0.2) is 10.2 Å². The number of aryl methyl sites for hydroxylation is 1. The topological polar surface area (TPSA) is 45.2 Å². The lowest BCUT2D eigenvalue weighted by Gasteiger charge is -1.89. The third-order valence-electron chi connectivity index (χ3n) is 0.847.